The van der Waals surface area contributed by atoms with E-state index in [1.54, 1.807) is 13.0 Å². The Kier molecular flexibility index (Phi) is 3.13. The van der Waals surface area contributed by atoms with Crippen LogP contribution in [0.2, 0.25) is 0 Å². The first-order chi connectivity index (χ1) is 8.45. The molecule has 2 rings (SSSR count). The van der Waals surface area contributed by atoms with Crippen molar-refractivity contribution >= 4 is 16.9 Å². The van der Waals surface area contributed by atoms with Crippen molar-refractivity contribution in [2.75, 3.05) is 0 Å². The van der Waals surface area contributed by atoms with E-state index >= 15 is 0 Å². The van der Waals surface area contributed by atoms with E-state index in [9.17, 15) is 15.0 Å². The number of aromatic carboxylic acids is 1. The number of aliphatic hydroxyl groups excluding tert-OH is 1. The zero-order chi connectivity index (χ0) is 13.4. The van der Waals surface area contributed by atoms with Gasteiger partial charge in [0.25, 0.3) is 0 Å². The minimum absolute atomic E-state index is 0.291. The molecular formula is C14H17NO3. The second-order valence-electron chi connectivity index (χ2n) is 4.56. The average molecular weight is 247 g/mol. The van der Waals surface area contributed by atoms with Gasteiger partial charge in [-0.2, -0.15) is 0 Å². The van der Waals surface area contributed by atoms with Crippen LogP contribution in [0.15, 0.2) is 18.3 Å². The first kappa shape index (κ1) is 12.6. The topological polar surface area (TPSA) is 62.5 Å². The first-order valence-electron chi connectivity index (χ1n) is 6.00. The monoisotopic (exact) mass is 247 g/mol. The molecule has 0 bridgehead atoms. The number of aryl methyl sites for hydroxylation is 2. The van der Waals surface area contributed by atoms with E-state index in [1.165, 1.54) is 0 Å². The number of hydrogen-bond acceptors (Lipinski definition) is 2. The van der Waals surface area contributed by atoms with Crippen LogP contribution in [0.1, 0.15) is 41.4 Å². The fourth-order valence-corrected chi connectivity index (χ4v) is 2.36. The first-order valence-corrected chi connectivity index (χ1v) is 6.00. The third kappa shape index (κ3) is 1.88. The molecule has 0 saturated heterocycles. The molecule has 1 atom stereocenters. The summed E-state index contributed by atoms with van der Waals surface area (Å²) in [5.74, 6) is -0.936. The second-order valence-corrected chi connectivity index (χ2v) is 4.56. The maximum Gasteiger partial charge on any atom is 0.337 e. The van der Waals surface area contributed by atoms with Crippen LogP contribution in [-0.4, -0.2) is 20.7 Å². The molecule has 0 saturated carbocycles. The smallest absolute Gasteiger partial charge is 0.337 e. The van der Waals surface area contributed by atoms with Gasteiger partial charge >= 0.3 is 5.97 Å². The number of benzene rings is 1. The molecule has 2 aromatic rings. The number of nitrogens with zero attached hydrogens (tertiary/aromatic N) is 1. The van der Waals surface area contributed by atoms with Crippen LogP contribution in [0.3, 0.4) is 0 Å². The third-order valence-electron chi connectivity index (χ3n) is 3.17. The Morgan fingerprint density at radius 3 is 2.61 bits per heavy atom. The van der Waals surface area contributed by atoms with E-state index in [2.05, 4.69) is 0 Å². The summed E-state index contributed by atoms with van der Waals surface area (Å²) >= 11 is 0. The highest BCUT2D eigenvalue weighted by Gasteiger charge is 2.18. The minimum Gasteiger partial charge on any atom is -0.478 e. The second kappa shape index (κ2) is 4.46. The lowest BCUT2D eigenvalue weighted by Crippen LogP contribution is -2.02. The molecule has 4 nitrogen and oxygen atoms in total. The van der Waals surface area contributed by atoms with Gasteiger partial charge in [0.1, 0.15) is 0 Å². The number of aromatic nitrogens is 1. The highest BCUT2D eigenvalue weighted by atomic mass is 16.4. The summed E-state index contributed by atoms with van der Waals surface area (Å²) in [6.45, 7) is 6.18. The molecule has 1 heterocycles. The Balaban J connectivity index is 2.91. The van der Waals surface area contributed by atoms with Gasteiger partial charge in [-0.15, -0.1) is 0 Å². The normalized spacial score (nSPS) is 12.9. The Hall–Kier alpha value is -1.81. The Bertz CT molecular complexity index is 611. The van der Waals surface area contributed by atoms with Gasteiger partial charge in [0.05, 0.1) is 17.2 Å². The summed E-state index contributed by atoms with van der Waals surface area (Å²) in [4.78, 5) is 11.3. The fraction of sp³-hybridized carbons (Fsp3) is 0.357. The summed E-state index contributed by atoms with van der Waals surface area (Å²) in [5, 5.41) is 19.9. The third-order valence-corrected chi connectivity index (χ3v) is 3.17. The molecule has 4 heteroatoms. The summed E-state index contributed by atoms with van der Waals surface area (Å²) in [6.07, 6.45) is 1.23. The van der Waals surface area contributed by atoms with Gasteiger partial charge in [0, 0.05) is 23.7 Å². The van der Waals surface area contributed by atoms with Crippen molar-refractivity contribution in [3.8, 4) is 0 Å². The van der Waals surface area contributed by atoms with Crippen molar-refractivity contribution in [1.82, 2.24) is 4.57 Å². The van der Waals surface area contributed by atoms with Crippen molar-refractivity contribution in [2.24, 2.45) is 0 Å². The number of aliphatic hydroxyl groups is 1. The minimum atomic E-state index is -0.936. The Morgan fingerprint density at radius 1 is 1.44 bits per heavy atom. The van der Waals surface area contributed by atoms with Gasteiger partial charge < -0.3 is 14.8 Å². The molecule has 18 heavy (non-hydrogen) atoms. The molecule has 0 radical (unpaired) electrons. The molecular weight excluding hydrogens is 230 g/mol. The molecule has 1 aromatic heterocycles. The van der Waals surface area contributed by atoms with E-state index in [-0.39, 0.29) is 0 Å². The molecule has 0 aliphatic heterocycles. The highest BCUT2D eigenvalue weighted by molar-refractivity contribution is 6.04. The summed E-state index contributed by atoms with van der Waals surface area (Å²) < 4.78 is 1.88. The van der Waals surface area contributed by atoms with Gasteiger partial charge in [-0.25, -0.2) is 4.79 Å². The van der Waals surface area contributed by atoms with Crippen molar-refractivity contribution < 1.29 is 15.0 Å². The van der Waals surface area contributed by atoms with Gasteiger partial charge in [-0.05, 0) is 38.5 Å². The van der Waals surface area contributed by atoms with Gasteiger partial charge in [-0.3, -0.25) is 0 Å². The lowest BCUT2D eigenvalue weighted by Gasteiger charge is -2.06. The summed E-state index contributed by atoms with van der Waals surface area (Å²) in [6, 6.07) is 3.60. The van der Waals surface area contributed by atoms with Crippen LogP contribution in [-0.2, 0) is 6.54 Å². The highest BCUT2D eigenvalue weighted by Crippen LogP contribution is 2.30. The van der Waals surface area contributed by atoms with Gasteiger partial charge in [0.15, 0.2) is 0 Å². The van der Waals surface area contributed by atoms with Crippen molar-refractivity contribution in [3.05, 3.63) is 35.0 Å². The van der Waals surface area contributed by atoms with Crippen LogP contribution in [0.5, 0.6) is 0 Å². The Labute approximate surface area is 105 Å². The number of hydrogen-bond donors (Lipinski definition) is 2. The molecule has 96 valence electrons. The zero-order valence-corrected chi connectivity index (χ0v) is 10.8. The number of rotatable bonds is 3. The van der Waals surface area contributed by atoms with E-state index in [4.69, 9.17) is 0 Å². The van der Waals surface area contributed by atoms with Crippen molar-refractivity contribution in [2.45, 2.75) is 33.4 Å². The van der Waals surface area contributed by atoms with Crippen LogP contribution < -0.4 is 0 Å². The number of fused-ring (bicyclic) bond motifs is 1. The molecule has 1 unspecified atom stereocenters. The van der Waals surface area contributed by atoms with E-state index in [0.29, 0.717) is 17.6 Å². The lowest BCUT2D eigenvalue weighted by atomic mass is 10.0. The number of carboxylic acid groups (broad SMARTS) is 1. The summed E-state index contributed by atoms with van der Waals surface area (Å²) in [7, 11) is 0. The maximum atomic E-state index is 11.3. The van der Waals surface area contributed by atoms with Gasteiger partial charge in [0.2, 0.25) is 0 Å². The molecule has 0 aliphatic carbocycles. The molecule has 0 aliphatic rings. The van der Waals surface area contributed by atoms with Crippen LogP contribution in [0.25, 0.3) is 10.9 Å². The van der Waals surface area contributed by atoms with Crippen LogP contribution >= 0.6 is 0 Å². The molecule has 1 aromatic carbocycles. The van der Waals surface area contributed by atoms with E-state index < -0.39 is 12.1 Å². The number of carboxylic acids is 1. The average Bonchev–Trinajstić information content (AvgIpc) is 2.66. The molecule has 0 spiro atoms. The lowest BCUT2D eigenvalue weighted by molar-refractivity contribution is 0.0698. The van der Waals surface area contributed by atoms with Crippen molar-refractivity contribution in [1.29, 1.82) is 0 Å². The largest absolute Gasteiger partial charge is 0.478 e. The summed E-state index contributed by atoms with van der Waals surface area (Å²) in [5.41, 5.74) is 2.64. The zero-order valence-electron chi connectivity index (χ0n) is 10.8. The predicted molar refractivity (Wildman–Crippen MR) is 69.9 cm³/mol. The SMILES string of the molecule is CCn1cc(C(C)O)c2cc(C)cc(C(=O)O)c21. The number of carbonyl (C=O) groups is 1. The van der Waals surface area contributed by atoms with Crippen molar-refractivity contribution in [3.63, 3.8) is 0 Å². The maximum absolute atomic E-state index is 11.3. The molecule has 0 fully saturated rings. The van der Waals surface area contributed by atoms with Gasteiger partial charge in [-0.1, -0.05) is 0 Å². The van der Waals surface area contributed by atoms with E-state index in [1.807, 2.05) is 30.7 Å². The molecule has 2 N–H and O–H groups in total. The fourth-order valence-electron chi connectivity index (χ4n) is 2.36. The van der Waals surface area contributed by atoms with E-state index in [0.717, 1.165) is 16.5 Å². The molecule has 0 amide bonds. The Morgan fingerprint density at radius 2 is 2.11 bits per heavy atom. The predicted octanol–water partition coefficient (Wildman–Crippen LogP) is 2.72. The quantitative estimate of drug-likeness (QED) is 0.876. The van der Waals surface area contributed by atoms with Crippen LogP contribution in [0, 0.1) is 6.92 Å². The van der Waals surface area contributed by atoms with Crippen LogP contribution in [0.4, 0.5) is 0 Å². The standard InChI is InChI=1S/C14H17NO3/c1-4-15-7-12(9(3)16)10-5-8(2)6-11(13(10)15)14(17)18/h5-7,9,16H,4H2,1-3H3,(H,17,18).